The Kier molecular flexibility index (Phi) is 6.85. The highest BCUT2D eigenvalue weighted by molar-refractivity contribution is 7.18. The number of aromatic nitrogens is 3. The average Bonchev–Trinajstić information content (AvgIpc) is 3.49. The second kappa shape index (κ2) is 9.49. The number of anilines is 2. The Morgan fingerprint density at radius 2 is 2.06 bits per heavy atom. The molecule has 1 amide bonds. The van der Waals surface area contributed by atoms with Crippen LogP contribution in [0.2, 0.25) is 10.0 Å². The van der Waals surface area contributed by atoms with E-state index >= 15 is 0 Å². The predicted molar refractivity (Wildman–Crippen MR) is 133 cm³/mol. The van der Waals surface area contributed by atoms with Crippen LogP contribution in [-0.2, 0) is 0 Å². The number of piperidine rings is 1. The number of halogens is 2. The molecular formula is C20H22Cl2N6O3S2. The summed E-state index contributed by atoms with van der Waals surface area (Å²) in [7, 11) is 1.76. The SMILES string of the molecule is CNc1nc(-c2nc(N3CC[C@@H](NC(=O)c4[nH]c(C)c(Cl)c4Cl)[C@@H](C)C3)sc2C(=O)O)cs1. The topological polar surface area (TPSA) is 123 Å². The summed E-state index contributed by atoms with van der Waals surface area (Å²) in [6.45, 7) is 5.04. The predicted octanol–water partition coefficient (Wildman–Crippen LogP) is 4.59. The molecule has 1 saturated heterocycles. The summed E-state index contributed by atoms with van der Waals surface area (Å²) in [5.41, 5.74) is 1.81. The van der Waals surface area contributed by atoms with Gasteiger partial charge in [0.25, 0.3) is 5.91 Å². The summed E-state index contributed by atoms with van der Waals surface area (Å²) in [4.78, 5) is 38.7. The number of nitrogens with zero attached hydrogens (tertiary/aromatic N) is 3. The molecule has 13 heteroatoms. The van der Waals surface area contributed by atoms with E-state index in [9.17, 15) is 14.7 Å². The van der Waals surface area contributed by atoms with Crippen LogP contribution in [0.25, 0.3) is 11.4 Å². The van der Waals surface area contributed by atoms with Crippen molar-refractivity contribution >= 4 is 68.0 Å². The monoisotopic (exact) mass is 528 g/mol. The Bertz CT molecular complexity index is 1210. The van der Waals surface area contributed by atoms with E-state index in [0.717, 1.165) is 11.3 Å². The fourth-order valence-corrected chi connectivity index (χ4v) is 5.78. The van der Waals surface area contributed by atoms with Crippen LogP contribution in [-0.4, -0.2) is 58.1 Å². The van der Waals surface area contributed by atoms with Gasteiger partial charge in [-0.25, -0.2) is 14.8 Å². The molecule has 1 aliphatic heterocycles. The molecule has 0 aromatic carbocycles. The van der Waals surface area contributed by atoms with Gasteiger partial charge in [-0.1, -0.05) is 41.5 Å². The third-order valence-corrected chi connectivity index (χ3v) is 8.46. The van der Waals surface area contributed by atoms with E-state index in [1.54, 1.807) is 19.4 Å². The number of hydrogen-bond donors (Lipinski definition) is 4. The molecule has 1 aliphatic rings. The molecule has 2 atom stereocenters. The molecule has 0 saturated carbocycles. The number of hydrogen-bond acceptors (Lipinski definition) is 8. The molecule has 0 radical (unpaired) electrons. The zero-order valence-corrected chi connectivity index (χ0v) is 21.2. The quantitative estimate of drug-likeness (QED) is 0.368. The molecule has 4 rings (SSSR count). The van der Waals surface area contributed by atoms with Crippen molar-refractivity contribution in [3.63, 3.8) is 0 Å². The zero-order chi connectivity index (χ0) is 23.9. The van der Waals surface area contributed by atoms with Crippen molar-refractivity contribution in [2.24, 2.45) is 5.92 Å². The molecular weight excluding hydrogens is 507 g/mol. The average molecular weight is 529 g/mol. The van der Waals surface area contributed by atoms with Crippen LogP contribution in [0.5, 0.6) is 0 Å². The molecule has 3 aromatic heterocycles. The molecule has 0 bridgehead atoms. The van der Waals surface area contributed by atoms with Gasteiger partial charge in [0.1, 0.15) is 22.0 Å². The molecule has 33 heavy (non-hydrogen) atoms. The maximum absolute atomic E-state index is 12.7. The molecule has 4 N–H and O–H groups in total. The number of rotatable bonds is 6. The molecule has 9 nitrogen and oxygen atoms in total. The largest absolute Gasteiger partial charge is 0.477 e. The summed E-state index contributed by atoms with van der Waals surface area (Å²) >= 11 is 14.8. The van der Waals surface area contributed by atoms with Gasteiger partial charge in [-0.05, 0) is 19.3 Å². The van der Waals surface area contributed by atoms with Crippen LogP contribution in [0.4, 0.5) is 10.3 Å². The minimum Gasteiger partial charge on any atom is -0.477 e. The number of carbonyl (C=O) groups is 2. The van der Waals surface area contributed by atoms with Gasteiger partial charge in [-0.3, -0.25) is 4.79 Å². The normalized spacial score (nSPS) is 18.4. The van der Waals surface area contributed by atoms with Crippen molar-refractivity contribution in [1.29, 1.82) is 0 Å². The Morgan fingerprint density at radius 3 is 2.64 bits per heavy atom. The van der Waals surface area contributed by atoms with Gasteiger partial charge in [0.15, 0.2) is 10.3 Å². The molecule has 4 heterocycles. The van der Waals surface area contributed by atoms with Crippen LogP contribution >= 0.6 is 45.9 Å². The third-order valence-electron chi connectivity index (χ3n) is 5.54. The maximum Gasteiger partial charge on any atom is 0.348 e. The molecule has 0 aliphatic carbocycles. The van der Waals surface area contributed by atoms with Crippen LogP contribution < -0.4 is 15.5 Å². The summed E-state index contributed by atoms with van der Waals surface area (Å²) in [5, 5.41) is 19.4. The first kappa shape index (κ1) is 23.8. The number of H-pyrrole nitrogens is 1. The van der Waals surface area contributed by atoms with E-state index in [4.69, 9.17) is 23.2 Å². The van der Waals surface area contributed by atoms with Crippen molar-refractivity contribution in [2.75, 3.05) is 30.4 Å². The second-order valence-corrected chi connectivity index (χ2v) is 10.4. The molecule has 176 valence electrons. The number of carbonyl (C=O) groups excluding carboxylic acids is 1. The lowest BCUT2D eigenvalue weighted by Gasteiger charge is -2.37. The number of aryl methyl sites for hydroxylation is 1. The number of aromatic carboxylic acids is 1. The van der Waals surface area contributed by atoms with Crippen molar-refractivity contribution in [2.45, 2.75) is 26.3 Å². The highest BCUT2D eigenvalue weighted by atomic mass is 35.5. The second-order valence-electron chi connectivity index (χ2n) is 7.81. The smallest absolute Gasteiger partial charge is 0.348 e. The van der Waals surface area contributed by atoms with Crippen molar-refractivity contribution < 1.29 is 14.7 Å². The number of carboxylic acid groups (broad SMARTS) is 1. The maximum atomic E-state index is 12.7. The molecule has 0 spiro atoms. The third kappa shape index (κ3) is 4.68. The van der Waals surface area contributed by atoms with Gasteiger partial charge in [0.05, 0.1) is 10.0 Å². The lowest BCUT2D eigenvalue weighted by atomic mass is 9.94. The summed E-state index contributed by atoms with van der Waals surface area (Å²) in [6.07, 6.45) is 0.676. The lowest BCUT2D eigenvalue weighted by Crippen LogP contribution is -2.50. The van der Waals surface area contributed by atoms with E-state index in [1.165, 1.54) is 11.3 Å². The van der Waals surface area contributed by atoms with Gasteiger partial charge in [0, 0.05) is 37.3 Å². The Balaban J connectivity index is 1.48. The first-order valence-corrected chi connectivity index (χ1v) is 12.6. The number of aromatic amines is 1. The molecule has 0 unspecified atom stereocenters. The Labute approximate surface area is 208 Å². The highest BCUT2D eigenvalue weighted by Gasteiger charge is 2.32. The van der Waals surface area contributed by atoms with Crippen molar-refractivity contribution in [3.05, 3.63) is 31.7 Å². The van der Waals surface area contributed by atoms with E-state index in [2.05, 4.69) is 30.5 Å². The van der Waals surface area contributed by atoms with Gasteiger partial charge < -0.3 is 25.6 Å². The minimum absolute atomic E-state index is 0.0673. The van der Waals surface area contributed by atoms with Gasteiger partial charge in [-0.15, -0.1) is 11.3 Å². The van der Waals surface area contributed by atoms with Gasteiger partial charge in [-0.2, -0.15) is 0 Å². The molecule has 3 aromatic rings. The Hall–Kier alpha value is -2.34. The lowest BCUT2D eigenvalue weighted by molar-refractivity contribution is 0.0702. The van der Waals surface area contributed by atoms with Crippen molar-refractivity contribution in [1.82, 2.24) is 20.3 Å². The first-order valence-electron chi connectivity index (χ1n) is 10.2. The van der Waals surface area contributed by atoms with E-state index in [-0.39, 0.29) is 33.5 Å². The summed E-state index contributed by atoms with van der Waals surface area (Å²) < 4.78 is 0. The molecule has 1 fully saturated rings. The first-order chi connectivity index (χ1) is 15.7. The van der Waals surface area contributed by atoms with Crippen LogP contribution in [0, 0.1) is 12.8 Å². The number of nitrogens with one attached hydrogen (secondary N) is 3. The summed E-state index contributed by atoms with van der Waals surface area (Å²) in [6, 6.07) is -0.0673. The van der Waals surface area contributed by atoms with Crippen molar-refractivity contribution in [3.8, 4) is 11.4 Å². The Morgan fingerprint density at radius 1 is 1.30 bits per heavy atom. The fraction of sp³-hybridized carbons (Fsp3) is 0.400. The number of thiazole rings is 2. The van der Waals surface area contributed by atoms with E-state index < -0.39 is 5.97 Å². The minimum atomic E-state index is -1.03. The standard InChI is InChI=1S/C20H22Cl2N6O3S2/c1-8-6-28(5-4-10(8)25-17(29)15-13(22)12(21)9(2)24-15)20-27-14(16(33-20)18(30)31)11-7-32-19(23-3)26-11/h7-8,10,24H,4-6H2,1-3H3,(H,23,26)(H,25,29)(H,30,31)/t8-,10+/m0/s1. The van der Waals surface area contributed by atoms with Crippen LogP contribution in [0.3, 0.4) is 0 Å². The number of carboxylic acids is 1. The van der Waals surface area contributed by atoms with Gasteiger partial charge in [0.2, 0.25) is 0 Å². The fourth-order valence-electron chi connectivity index (χ4n) is 3.76. The highest BCUT2D eigenvalue weighted by Crippen LogP contribution is 2.36. The van der Waals surface area contributed by atoms with Crippen LogP contribution in [0.15, 0.2) is 5.38 Å². The van der Waals surface area contributed by atoms with Crippen LogP contribution in [0.1, 0.15) is 39.2 Å². The van der Waals surface area contributed by atoms with E-state index in [0.29, 0.717) is 51.9 Å². The van der Waals surface area contributed by atoms with Gasteiger partial charge >= 0.3 is 5.97 Å². The van der Waals surface area contributed by atoms with E-state index in [1.807, 2.05) is 6.92 Å². The summed E-state index contributed by atoms with van der Waals surface area (Å²) in [5.74, 6) is -1.22. The zero-order valence-electron chi connectivity index (χ0n) is 18.0. The number of amides is 1.